The summed E-state index contributed by atoms with van der Waals surface area (Å²) in [5.74, 6) is 0.317. The Balaban J connectivity index is 1.40. The highest BCUT2D eigenvalue weighted by molar-refractivity contribution is 5.76. The van der Waals surface area contributed by atoms with Crippen molar-refractivity contribution in [3.63, 3.8) is 0 Å². The molecule has 1 aromatic carbocycles. The van der Waals surface area contributed by atoms with Crippen LogP contribution in [-0.4, -0.2) is 73.0 Å². The number of likely N-dealkylation sites (tertiary alicyclic amines) is 1. The fourth-order valence-corrected chi connectivity index (χ4v) is 3.75. The van der Waals surface area contributed by atoms with Gasteiger partial charge >= 0.3 is 0 Å². The van der Waals surface area contributed by atoms with Gasteiger partial charge in [0.1, 0.15) is 0 Å². The normalized spacial score (nSPS) is 21.5. The number of hydrogen-bond donors (Lipinski definition) is 0. The Morgan fingerprint density at radius 2 is 1.65 bits per heavy atom. The van der Waals surface area contributed by atoms with Crippen LogP contribution in [0.3, 0.4) is 0 Å². The Morgan fingerprint density at radius 1 is 1.00 bits per heavy atom. The first-order chi connectivity index (χ1) is 11.2. The molecule has 4 heteroatoms. The summed E-state index contributed by atoms with van der Waals surface area (Å²) in [6.07, 6.45) is 4.05. The Labute approximate surface area is 140 Å². The van der Waals surface area contributed by atoms with Crippen LogP contribution < -0.4 is 0 Å². The summed E-state index contributed by atoms with van der Waals surface area (Å²) in [6.45, 7) is 6.32. The lowest BCUT2D eigenvalue weighted by atomic mass is 10.0. The topological polar surface area (TPSA) is 26.8 Å². The van der Waals surface area contributed by atoms with Crippen molar-refractivity contribution < 1.29 is 4.79 Å². The first-order valence-electron chi connectivity index (χ1n) is 8.96. The summed E-state index contributed by atoms with van der Waals surface area (Å²) in [7, 11) is 2.21. The number of aryl methyl sites for hydroxylation is 1. The number of carbonyl (C=O) groups is 1. The summed E-state index contributed by atoms with van der Waals surface area (Å²) >= 11 is 0. The number of nitrogens with zero attached hydrogens (tertiary/aromatic N) is 3. The first kappa shape index (κ1) is 16.5. The minimum absolute atomic E-state index is 0.317. The van der Waals surface area contributed by atoms with Crippen molar-refractivity contribution in [2.45, 2.75) is 31.7 Å². The van der Waals surface area contributed by atoms with Crippen LogP contribution in [-0.2, 0) is 11.2 Å². The molecule has 2 saturated heterocycles. The predicted molar refractivity (Wildman–Crippen MR) is 93.4 cm³/mol. The molecule has 2 fully saturated rings. The summed E-state index contributed by atoms with van der Waals surface area (Å²) in [5, 5.41) is 0. The van der Waals surface area contributed by atoms with E-state index in [1.165, 1.54) is 31.5 Å². The maximum Gasteiger partial charge on any atom is 0.222 e. The molecule has 1 amide bonds. The van der Waals surface area contributed by atoms with Gasteiger partial charge in [-0.15, -0.1) is 0 Å². The highest BCUT2D eigenvalue weighted by Gasteiger charge is 2.27. The molecule has 2 aliphatic rings. The smallest absolute Gasteiger partial charge is 0.222 e. The molecule has 4 nitrogen and oxygen atoms in total. The third kappa shape index (κ3) is 4.55. The Hall–Kier alpha value is -1.39. The predicted octanol–water partition coefficient (Wildman–Crippen LogP) is 1.86. The minimum atomic E-state index is 0.317. The van der Waals surface area contributed by atoms with Gasteiger partial charge in [-0.3, -0.25) is 9.69 Å². The lowest BCUT2D eigenvalue weighted by Gasteiger charge is -2.42. The highest BCUT2D eigenvalue weighted by atomic mass is 16.2. The molecule has 3 rings (SSSR count). The molecule has 23 heavy (non-hydrogen) atoms. The van der Waals surface area contributed by atoms with Gasteiger partial charge in [0.05, 0.1) is 0 Å². The number of benzene rings is 1. The van der Waals surface area contributed by atoms with E-state index < -0.39 is 0 Å². The third-order valence-corrected chi connectivity index (χ3v) is 5.34. The number of rotatable bonds is 4. The zero-order valence-electron chi connectivity index (χ0n) is 14.3. The molecule has 2 aliphatic heterocycles. The fraction of sp³-hybridized carbons (Fsp3) is 0.632. The first-order valence-corrected chi connectivity index (χ1v) is 8.96. The highest BCUT2D eigenvalue weighted by Crippen LogP contribution is 2.18. The molecule has 0 radical (unpaired) electrons. The van der Waals surface area contributed by atoms with Gasteiger partial charge < -0.3 is 9.80 Å². The van der Waals surface area contributed by atoms with Gasteiger partial charge in [0, 0.05) is 38.6 Å². The van der Waals surface area contributed by atoms with Crippen LogP contribution in [0.1, 0.15) is 24.8 Å². The molecule has 0 spiro atoms. The van der Waals surface area contributed by atoms with E-state index in [0.717, 1.165) is 38.6 Å². The van der Waals surface area contributed by atoms with Crippen LogP contribution >= 0.6 is 0 Å². The zero-order valence-corrected chi connectivity index (χ0v) is 14.3. The Bertz CT molecular complexity index is 489. The van der Waals surface area contributed by atoms with Gasteiger partial charge in [-0.05, 0) is 45.0 Å². The van der Waals surface area contributed by atoms with Crippen LogP contribution in [0.15, 0.2) is 30.3 Å². The van der Waals surface area contributed by atoms with Crippen molar-refractivity contribution in [2.75, 3.05) is 46.3 Å². The van der Waals surface area contributed by atoms with E-state index in [1.54, 1.807) is 0 Å². The molecular weight excluding hydrogens is 286 g/mol. The number of piperazine rings is 1. The van der Waals surface area contributed by atoms with Gasteiger partial charge in [0.25, 0.3) is 0 Å². The van der Waals surface area contributed by atoms with Crippen molar-refractivity contribution in [3.8, 4) is 0 Å². The Morgan fingerprint density at radius 3 is 2.30 bits per heavy atom. The van der Waals surface area contributed by atoms with E-state index in [2.05, 4.69) is 33.9 Å². The van der Waals surface area contributed by atoms with Gasteiger partial charge in [-0.1, -0.05) is 30.3 Å². The van der Waals surface area contributed by atoms with E-state index in [4.69, 9.17) is 0 Å². The maximum absolute atomic E-state index is 12.4. The second-order valence-corrected chi connectivity index (χ2v) is 6.94. The number of amides is 1. The summed E-state index contributed by atoms with van der Waals surface area (Å²) in [5.41, 5.74) is 1.26. The van der Waals surface area contributed by atoms with E-state index in [0.29, 0.717) is 12.3 Å². The second kappa shape index (κ2) is 7.93. The van der Waals surface area contributed by atoms with E-state index in [-0.39, 0.29) is 0 Å². The van der Waals surface area contributed by atoms with Gasteiger partial charge in [-0.2, -0.15) is 0 Å². The van der Waals surface area contributed by atoms with Gasteiger partial charge in [-0.25, -0.2) is 0 Å². The average Bonchev–Trinajstić information content (AvgIpc) is 2.61. The molecule has 0 N–H and O–H groups in total. The molecule has 1 aromatic rings. The van der Waals surface area contributed by atoms with Crippen LogP contribution in [0.2, 0.25) is 0 Å². The second-order valence-electron chi connectivity index (χ2n) is 6.94. The molecule has 0 unspecified atom stereocenters. The molecule has 0 atom stereocenters. The van der Waals surface area contributed by atoms with Crippen LogP contribution in [0.5, 0.6) is 0 Å². The van der Waals surface area contributed by atoms with Gasteiger partial charge in [0.2, 0.25) is 5.91 Å². The van der Waals surface area contributed by atoms with Gasteiger partial charge in [0.15, 0.2) is 0 Å². The van der Waals surface area contributed by atoms with E-state index >= 15 is 0 Å². The molecule has 0 aliphatic carbocycles. The summed E-state index contributed by atoms with van der Waals surface area (Å²) < 4.78 is 0. The van der Waals surface area contributed by atoms with Crippen molar-refractivity contribution in [2.24, 2.45) is 0 Å². The standard InChI is InChI=1S/C19H29N3O/c1-20-11-9-18(10-12-20)21-13-15-22(16-14-21)19(23)8-7-17-5-3-2-4-6-17/h2-6,18H,7-16H2,1H3. The van der Waals surface area contributed by atoms with Crippen LogP contribution in [0, 0.1) is 0 Å². The number of piperidine rings is 1. The number of carbonyl (C=O) groups excluding carboxylic acids is 1. The lowest BCUT2D eigenvalue weighted by Crippen LogP contribution is -2.54. The van der Waals surface area contributed by atoms with E-state index in [9.17, 15) is 4.79 Å². The fourth-order valence-electron chi connectivity index (χ4n) is 3.75. The monoisotopic (exact) mass is 315 g/mol. The molecular formula is C19H29N3O. The third-order valence-electron chi connectivity index (χ3n) is 5.34. The van der Waals surface area contributed by atoms with Crippen LogP contribution in [0.4, 0.5) is 0 Å². The largest absolute Gasteiger partial charge is 0.340 e. The maximum atomic E-state index is 12.4. The minimum Gasteiger partial charge on any atom is -0.340 e. The average molecular weight is 315 g/mol. The van der Waals surface area contributed by atoms with E-state index in [1.807, 2.05) is 18.2 Å². The Kier molecular flexibility index (Phi) is 5.68. The van der Waals surface area contributed by atoms with Crippen molar-refractivity contribution in [1.82, 2.24) is 14.7 Å². The summed E-state index contributed by atoms with van der Waals surface area (Å²) in [6, 6.07) is 11.0. The van der Waals surface area contributed by atoms with Crippen molar-refractivity contribution >= 4 is 5.91 Å². The lowest BCUT2D eigenvalue weighted by molar-refractivity contribution is -0.133. The molecule has 0 bridgehead atoms. The molecule has 0 saturated carbocycles. The quantitative estimate of drug-likeness (QED) is 0.848. The zero-order chi connectivity index (χ0) is 16.1. The molecule has 2 heterocycles. The van der Waals surface area contributed by atoms with Crippen molar-refractivity contribution in [1.29, 1.82) is 0 Å². The molecule has 0 aromatic heterocycles. The molecule has 126 valence electrons. The SMILES string of the molecule is CN1CCC(N2CCN(C(=O)CCc3ccccc3)CC2)CC1. The number of hydrogen-bond acceptors (Lipinski definition) is 3. The van der Waals surface area contributed by atoms with Crippen LogP contribution in [0.25, 0.3) is 0 Å². The summed E-state index contributed by atoms with van der Waals surface area (Å²) in [4.78, 5) is 19.5. The van der Waals surface area contributed by atoms with Crippen molar-refractivity contribution in [3.05, 3.63) is 35.9 Å².